The Bertz CT molecular complexity index is 186. The smallest absolute Gasteiger partial charge is 0.0700 e. The number of piperidine rings is 1. The SMILES string of the molecule is CCC1CN(CC2CCCNC2)CCO1.Cl. The van der Waals surface area contributed by atoms with Crippen molar-refractivity contribution >= 4 is 12.4 Å². The summed E-state index contributed by atoms with van der Waals surface area (Å²) in [5, 5.41) is 3.49. The van der Waals surface area contributed by atoms with Gasteiger partial charge in [0.1, 0.15) is 0 Å². The molecule has 2 aliphatic heterocycles. The second-order valence-electron chi connectivity index (χ2n) is 4.87. The minimum absolute atomic E-state index is 0. The lowest BCUT2D eigenvalue weighted by Gasteiger charge is -2.35. The van der Waals surface area contributed by atoms with Crippen LogP contribution >= 0.6 is 12.4 Å². The third-order valence-electron chi connectivity index (χ3n) is 3.59. The first kappa shape index (κ1) is 14.2. The van der Waals surface area contributed by atoms with Gasteiger partial charge < -0.3 is 10.1 Å². The van der Waals surface area contributed by atoms with Crippen LogP contribution in [0.4, 0.5) is 0 Å². The predicted octanol–water partition coefficient (Wildman–Crippen LogP) is 1.52. The van der Waals surface area contributed by atoms with Crippen LogP contribution in [0.15, 0.2) is 0 Å². The minimum Gasteiger partial charge on any atom is -0.376 e. The van der Waals surface area contributed by atoms with Crippen LogP contribution in [0, 0.1) is 5.92 Å². The zero-order chi connectivity index (χ0) is 10.5. The van der Waals surface area contributed by atoms with E-state index in [9.17, 15) is 0 Å². The van der Waals surface area contributed by atoms with Crippen molar-refractivity contribution < 1.29 is 4.74 Å². The van der Waals surface area contributed by atoms with Crippen molar-refractivity contribution in [2.75, 3.05) is 39.3 Å². The van der Waals surface area contributed by atoms with Gasteiger partial charge in [0.15, 0.2) is 0 Å². The van der Waals surface area contributed by atoms with E-state index in [4.69, 9.17) is 4.74 Å². The summed E-state index contributed by atoms with van der Waals surface area (Å²) in [5.41, 5.74) is 0. The summed E-state index contributed by atoms with van der Waals surface area (Å²) < 4.78 is 5.69. The van der Waals surface area contributed by atoms with Crippen LogP contribution in [0.5, 0.6) is 0 Å². The summed E-state index contributed by atoms with van der Waals surface area (Å²) in [4.78, 5) is 2.59. The van der Waals surface area contributed by atoms with E-state index < -0.39 is 0 Å². The lowest BCUT2D eigenvalue weighted by Crippen LogP contribution is -2.46. The minimum atomic E-state index is 0. The molecule has 0 aromatic rings. The Morgan fingerprint density at radius 1 is 1.44 bits per heavy atom. The Morgan fingerprint density at radius 2 is 2.31 bits per heavy atom. The molecule has 0 bridgehead atoms. The normalized spacial score (nSPS) is 32.1. The maximum Gasteiger partial charge on any atom is 0.0700 e. The van der Waals surface area contributed by atoms with Crippen LogP contribution in [-0.4, -0.2) is 50.3 Å². The lowest BCUT2D eigenvalue weighted by atomic mass is 9.98. The predicted molar refractivity (Wildman–Crippen MR) is 69.3 cm³/mol. The van der Waals surface area contributed by atoms with Crippen molar-refractivity contribution in [2.45, 2.75) is 32.3 Å². The second-order valence-corrected chi connectivity index (χ2v) is 4.87. The van der Waals surface area contributed by atoms with Gasteiger partial charge >= 0.3 is 0 Å². The number of morpholine rings is 1. The molecule has 2 heterocycles. The highest BCUT2D eigenvalue weighted by Crippen LogP contribution is 2.15. The third kappa shape index (κ3) is 4.21. The number of nitrogens with zero attached hydrogens (tertiary/aromatic N) is 1. The van der Waals surface area contributed by atoms with Crippen molar-refractivity contribution in [1.82, 2.24) is 10.2 Å². The molecule has 0 amide bonds. The Kier molecular flexibility index (Phi) is 6.66. The van der Waals surface area contributed by atoms with Crippen molar-refractivity contribution in [3.8, 4) is 0 Å². The highest BCUT2D eigenvalue weighted by Gasteiger charge is 2.22. The van der Waals surface area contributed by atoms with Gasteiger partial charge in [-0.15, -0.1) is 12.4 Å². The van der Waals surface area contributed by atoms with Crippen LogP contribution in [0.2, 0.25) is 0 Å². The molecule has 0 radical (unpaired) electrons. The fourth-order valence-corrected chi connectivity index (χ4v) is 2.64. The number of hydrogen-bond acceptors (Lipinski definition) is 3. The van der Waals surface area contributed by atoms with Crippen molar-refractivity contribution in [2.24, 2.45) is 5.92 Å². The molecule has 2 unspecified atom stereocenters. The average Bonchev–Trinajstić information content (AvgIpc) is 2.31. The Morgan fingerprint density at radius 3 is 3.00 bits per heavy atom. The molecule has 2 atom stereocenters. The number of hydrogen-bond donors (Lipinski definition) is 1. The lowest BCUT2D eigenvalue weighted by molar-refractivity contribution is -0.0348. The van der Waals surface area contributed by atoms with E-state index in [0.717, 1.165) is 32.0 Å². The van der Waals surface area contributed by atoms with E-state index in [-0.39, 0.29) is 12.4 Å². The summed E-state index contributed by atoms with van der Waals surface area (Å²) in [6, 6.07) is 0. The van der Waals surface area contributed by atoms with Gasteiger partial charge in [-0.3, -0.25) is 4.90 Å². The molecule has 2 saturated heterocycles. The fraction of sp³-hybridized carbons (Fsp3) is 1.00. The van der Waals surface area contributed by atoms with Gasteiger partial charge in [0.2, 0.25) is 0 Å². The summed E-state index contributed by atoms with van der Waals surface area (Å²) in [6.07, 6.45) is 4.39. The largest absolute Gasteiger partial charge is 0.376 e. The zero-order valence-corrected chi connectivity index (χ0v) is 11.1. The standard InChI is InChI=1S/C12H24N2O.ClH/c1-2-12-10-14(6-7-15-12)9-11-4-3-5-13-8-11;/h11-13H,2-10H2,1H3;1H. The molecular weight excluding hydrogens is 224 g/mol. The van der Waals surface area contributed by atoms with Crippen LogP contribution in [-0.2, 0) is 4.74 Å². The molecule has 0 saturated carbocycles. The molecule has 0 aromatic heterocycles. The first-order chi connectivity index (χ1) is 7.38. The molecule has 96 valence electrons. The number of rotatable bonds is 3. The van der Waals surface area contributed by atoms with Gasteiger partial charge in [-0.05, 0) is 38.3 Å². The van der Waals surface area contributed by atoms with E-state index in [1.165, 1.54) is 32.5 Å². The summed E-state index contributed by atoms with van der Waals surface area (Å²) in [5.74, 6) is 0.870. The maximum atomic E-state index is 5.69. The fourth-order valence-electron chi connectivity index (χ4n) is 2.64. The molecule has 4 heteroatoms. The van der Waals surface area contributed by atoms with E-state index >= 15 is 0 Å². The van der Waals surface area contributed by atoms with Gasteiger partial charge in [-0.1, -0.05) is 6.92 Å². The van der Waals surface area contributed by atoms with Crippen LogP contribution in [0.25, 0.3) is 0 Å². The first-order valence-electron chi connectivity index (χ1n) is 6.43. The maximum absolute atomic E-state index is 5.69. The Balaban J connectivity index is 0.00000128. The van der Waals surface area contributed by atoms with Gasteiger partial charge in [-0.2, -0.15) is 0 Å². The molecule has 2 rings (SSSR count). The molecule has 3 nitrogen and oxygen atoms in total. The Hall–Kier alpha value is 0.170. The van der Waals surface area contributed by atoms with E-state index in [2.05, 4.69) is 17.1 Å². The quantitative estimate of drug-likeness (QED) is 0.820. The summed E-state index contributed by atoms with van der Waals surface area (Å²) in [7, 11) is 0. The molecule has 0 spiro atoms. The topological polar surface area (TPSA) is 24.5 Å². The molecule has 2 fully saturated rings. The van der Waals surface area contributed by atoms with E-state index in [0.29, 0.717) is 6.10 Å². The van der Waals surface area contributed by atoms with Crippen LogP contribution in [0.1, 0.15) is 26.2 Å². The number of nitrogens with one attached hydrogen (secondary N) is 1. The number of ether oxygens (including phenoxy) is 1. The van der Waals surface area contributed by atoms with Crippen molar-refractivity contribution in [1.29, 1.82) is 0 Å². The highest BCUT2D eigenvalue weighted by atomic mass is 35.5. The average molecular weight is 249 g/mol. The van der Waals surface area contributed by atoms with E-state index in [1.807, 2.05) is 0 Å². The van der Waals surface area contributed by atoms with Gasteiger partial charge in [0.25, 0.3) is 0 Å². The second kappa shape index (κ2) is 7.49. The van der Waals surface area contributed by atoms with Crippen LogP contribution < -0.4 is 5.32 Å². The van der Waals surface area contributed by atoms with E-state index in [1.54, 1.807) is 0 Å². The highest BCUT2D eigenvalue weighted by molar-refractivity contribution is 5.85. The summed E-state index contributed by atoms with van der Waals surface area (Å²) >= 11 is 0. The van der Waals surface area contributed by atoms with Crippen molar-refractivity contribution in [3.05, 3.63) is 0 Å². The Labute approximate surface area is 105 Å². The molecule has 1 N–H and O–H groups in total. The summed E-state index contributed by atoms with van der Waals surface area (Å²) in [6.45, 7) is 9.13. The van der Waals surface area contributed by atoms with Gasteiger partial charge in [0, 0.05) is 19.6 Å². The monoisotopic (exact) mass is 248 g/mol. The van der Waals surface area contributed by atoms with Crippen molar-refractivity contribution in [3.63, 3.8) is 0 Å². The molecule has 16 heavy (non-hydrogen) atoms. The molecule has 2 aliphatic rings. The molecule has 0 aromatic carbocycles. The molecule has 0 aliphatic carbocycles. The zero-order valence-electron chi connectivity index (χ0n) is 10.3. The molecular formula is C12H25ClN2O. The van der Waals surface area contributed by atoms with Crippen LogP contribution in [0.3, 0.4) is 0 Å². The number of halogens is 1. The third-order valence-corrected chi connectivity index (χ3v) is 3.59. The first-order valence-corrected chi connectivity index (χ1v) is 6.43. The van der Waals surface area contributed by atoms with Gasteiger partial charge in [-0.25, -0.2) is 0 Å². The van der Waals surface area contributed by atoms with Gasteiger partial charge in [0.05, 0.1) is 12.7 Å².